The van der Waals surface area contributed by atoms with Gasteiger partial charge in [-0.3, -0.25) is 4.79 Å². The molecule has 1 saturated heterocycles. The number of piperidine rings is 1. The van der Waals surface area contributed by atoms with E-state index in [1.165, 1.54) is 24.8 Å². The van der Waals surface area contributed by atoms with E-state index in [1.807, 2.05) is 12.1 Å². The lowest BCUT2D eigenvalue weighted by molar-refractivity contribution is 0.102. The maximum absolute atomic E-state index is 13.2. The molecule has 0 spiro atoms. The van der Waals surface area contributed by atoms with E-state index in [0.717, 1.165) is 31.6 Å². The predicted octanol–water partition coefficient (Wildman–Crippen LogP) is 4.43. The number of aromatic nitrogens is 2. The van der Waals surface area contributed by atoms with E-state index < -0.39 is 0 Å². The standard InChI is InChI=1S/C23H22FN5O/c1-16-21(15-26-29(16)20-8-5-18(24)6-9-20)23(30)27-19-7-10-22(17(13-19)14-25)28-11-3-2-4-12-28/h5-10,13,15H,2-4,11-12H2,1H3,(H,27,30). The first-order chi connectivity index (χ1) is 14.6. The van der Waals surface area contributed by atoms with Gasteiger partial charge in [0.2, 0.25) is 0 Å². The third kappa shape index (κ3) is 3.90. The van der Waals surface area contributed by atoms with E-state index in [0.29, 0.717) is 28.2 Å². The molecule has 0 unspecified atom stereocenters. The summed E-state index contributed by atoms with van der Waals surface area (Å²) in [6.45, 7) is 3.68. The summed E-state index contributed by atoms with van der Waals surface area (Å²) >= 11 is 0. The molecule has 0 saturated carbocycles. The first-order valence-electron chi connectivity index (χ1n) is 9.98. The van der Waals surface area contributed by atoms with Gasteiger partial charge in [0.25, 0.3) is 5.91 Å². The van der Waals surface area contributed by atoms with Gasteiger partial charge in [0, 0.05) is 18.8 Å². The highest BCUT2D eigenvalue weighted by molar-refractivity contribution is 6.05. The summed E-state index contributed by atoms with van der Waals surface area (Å²) in [4.78, 5) is 15.0. The van der Waals surface area contributed by atoms with Crippen molar-refractivity contribution >= 4 is 17.3 Å². The number of rotatable bonds is 4. The minimum Gasteiger partial charge on any atom is -0.370 e. The number of hydrogen-bond acceptors (Lipinski definition) is 4. The largest absolute Gasteiger partial charge is 0.370 e. The van der Waals surface area contributed by atoms with Crippen molar-refractivity contribution in [3.05, 3.63) is 71.3 Å². The number of carbonyl (C=O) groups is 1. The number of anilines is 2. The Hall–Kier alpha value is -3.66. The van der Waals surface area contributed by atoms with E-state index >= 15 is 0 Å². The molecule has 3 aromatic rings. The molecule has 1 fully saturated rings. The summed E-state index contributed by atoms with van der Waals surface area (Å²) in [5, 5.41) is 16.7. The van der Waals surface area contributed by atoms with Gasteiger partial charge in [-0.1, -0.05) is 0 Å². The van der Waals surface area contributed by atoms with Crippen LogP contribution in [0.15, 0.2) is 48.7 Å². The zero-order valence-electron chi connectivity index (χ0n) is 16.7. The lowest BCUT2D eigenvalue weighted by atomic mass is 10.1. The topological polar surface area (TPSA) is 74.0 Å². The van der Waals surface area contributed by atoms with Gasteiger partial charge < -0.3 is 10.2 Å². The molecule has 0 atom stereocenters. The molecule has 1 amide bonds. The summed E-state index contributed by atoms with van der Waals surface area (Å²) < 4.78 is 14.8. The summed E-state index contributed by atoms with van der Waals surface area (Å²) in [5.41, 5.74) is 3.75. The highest BCUT2D eigenvalue weighted by Crippen LogP contribution is 2.27. The van der Waals surface area contributed by atoms with Crippen molar-refractivity contribution < 1.29 is 9.18 Å². The predicted molar refractivity (Wildman–Crippen MR) is 113 cm³/mol. The van der Waals surface area contributed by atoms with Crippen LogP contribution in [0.25, 0.3) is 5.69 Å². The van der Waals surface area contributed by atoms with Crippen LogP contribution in [0, 0.1) is 24.1 Å². The highest BCUT2D eigenvalue weighted by Gasteiger charge is 2.18. The summed E-state index contributed by atoms with van der Waals surface area (Å²) in [6.07, 6.45) is 4.96. The molecule has 1 aliphatic heterocycles. The van der Waals surface area contributed by atoms with Gasteiger partial charge in [-0.2, -0.15) is 10.4 Å². The summed E-state index contributed by atoms with van der Waals surface area (Å²) in [6, 6.07) is 13.6. The second-order valence-corrected chi connectivity index (χ2v) is 7.38. The van der Waals surface area contributed by atoms with Gasteiger partial charge in [0.05, 0.1) is 34.4 Å². The van der Waals surface area contributed by atoms with Gasteiger partial charge in [-0.05, 0) is 68.7 Å². The Morgan fingerprint density at radius 1 is 1.13 bits per heavy atom. The molecule has 1 N–H and O–H groups in total. The number of hydrogen-bond donors (Lipinski definition) is 1. The van der Waals surface area contributed by atoms with Gasteiger partial charge in [0.15, 0.2) is 0 Å². The number of nitrogens with one attached hydrogen (secondary N) is 1. The first kappa shape index (κ1) is 19.6. The van der Waals surface area contributed by atoms with Crippen LogP contribution in [0.5, 0.6) is 0 Å². The fourth-order valence-corrected chi connectivity index (χ4v) is 3.79. The quantitative estimate of drug-likeness (QED) is 0.699. The third-order valence-electron chi connectivity index (χ3n) is 5.40. The molecular weight excluding hydrogens is 381 g/mol. The van der Waals surface area contributed by atoms with Crippen LogP contribution in [-0.4, -0.2) is 28.8 Å². The van der Waals surface area contributed by atoms with Crippen molar-refractivity contribution in [2.45, 2.75) is 26.2 Å². The zero-order valence-corrected chi connectivity index (χ0v) is 16.7. The van der Waals surface area contributed by atoms with Gasteiger partial charge in [-0.15, -0.1) is 0 Å². The maximum Gasteiger partial charge on any atom is 0.259 e. The molecule has 0 radical (unpaired) electrons. The SMILES string of the molecule is Cc1c(C(=O)Nc2ccc(N3CCCCC3)c(C#N)c2)cnn1-c1ccc(F)cc1. The Morgan fingerprint density at radius 2 is 1.87 bits per heavy atom. The van der Waals surface area contributed by atoms with Crippen molar-refractivity contribution in [3.63, 3.8) is 0 Å². The molecule has 6 nitrogen and oxygen atoms in total. The molecule has 0 aliphatic carbocycles. The smallest absolute Gasteiger partial charge is 0.259 e. The van der Waals surface area contributed by atoms with Crippen molar-refractivity contribution in [1.29, 1.82) is 5.26 Å². The molecule has 1 aliphatic rings. The number of halogens is 1. The lowest BCUT2D eigenvalue weighted by Gasteiger charge is -2.29. The lowest BCUT2D eigenvalue weighted by Crippen LogP contribution is -2.30. The van der Waals surface area contributed by atoms with Crippen LogP contribution >= 0.6 is 0 Å². The van der Waals surface area contributed by atoms with Crippen LogP contribution in [0.4, 0.5) is 15.8 Å². The second kappa shape index (κ2) is 8.37. The molecule has 4 rings (SSSR count). The molecular formula is C23H22FN5O. The van der Waals surface area contributed by atoms with Crippen LogP contribution in [0.3, 0.4) is 0 Å². The van der Waals surface area contributed by atoms with E-state index in [2.05, 4.69) is 21.4 Å². The second-order valence-electron chi connectivity index (χ2n) is 7.38. The normalized spacial score (nSPS) is 13.7. The zero-order chi connectivity index (χ0) is 21.1. The Bertz CT molecular complexity index is 1110. The summed E-state index contributed by atoms with van der Waals surface area (Å²) in [7, 11) is 0. The number of nitriles is 1. The van der Waals surface area contributed by atoms with Gasteiger partial charge >= 0.3 is 0 Å². The summed E-state index contributed by atoms with van der Waals surface area (Å²) in [5.74, 6) is -0.640. The highest BCUT2D eigenvalue weighted by atomic mass is 19.1. The van der Waals surface area contributed by atoms with Crippen LogP contribution in [0.1, 0.15) is 40.9 Å². The average molecular weight is 403 g/mol. The van der Waals surface area contributed by atoms with Crippen LogP contribution in [-0.2, 0) is 0 Å². The third-order valence-corrected chi connectivity index (χ3v) is 5.40. The molecule has 7 heteroatoms. The van der Waals surface area contributed by atoms with Crippen molar-refractivity contribution in [2.75, 3.05) is 23.3 Å². The van der Waals surface area contributed by atoms with E-state index in [4.69, 9.17) is 0 Å². The monoisotopic (exact) mass is 403 g/mol. The Labute approximate surface area is 174 Å². The number of nitrogens with zero attached hydrogens (tertiary/aromatic N) is 4. The fraction of sp³-hybridized carbons (Fsp3) is 0.261. The number of carbonyl (C=O) groups excluding carboxylic acids is 1. The minimum atomic E-state index is -0.331. The van der Waals surface area contributed by atoms with Crippen molar-refractivity contribution in [1.82, 2.24) is 9.78 Å². The molecule has 1 aromatic heterocycles. The molecule has 30 heavy (non-hydrogen) atoms. The first-order valence-corrected chi connectivity index (χ1v) is 9.98. The Balaban J connectivity index is 1.54. The molecule has 0 bridgehead atoms. The van der Waals surface area contributed by atoms with Crippen LogP contribution < -0.4 is 10.2 Å². The van der Waals surface area contributed by atoms with E-state index in [-0.39, 0.29) is 11.7 Å². The van der Waals surface area contributed by atoms with E-state index in [1.54, 1.807) is 29.8 Å². The molecule has 2 aromatic carbocycles. The van der Waals surface area contributed by atoms with Gasteiger partial charge in [0.1, 0.15) is 11.9 Å². The van der Waals surface area contributed by atoms with Crippen molar-refractivity contribution in [3.8, 4) is 11.8 Å². The molecule has 2 heterocycles. The number of amides is 1. The fourth-order valence-electron chi connectivity index (χ4n) is 3.79. The van der Waals surface area contributed by atoms with E-state index in [9.17, 15) is 14.4 Å². The Morgan fingerprint density at radius 3 is 2.57 bits per heavy atom. The Kier molecular flexibility index (Phi) is 5.48. The van der Waals surface area contributed by atoms with Crippen molar-refractivity contribution in [2.24, 2.45) is 0 Å². The average Bonchev–Trinajstić information content (AvgIpc) is 3.16. The van der Waals surface area contributed by atoms with Crippen LogP contribution in [0.2, 0.25) is 0 Å². The number of benzene rings is 2. The molecule has 152 valence electrons. The minimum absolute atomic E-state index is 0.310. The maximum atomic E-state index is 13.2. The van der Waals surface area contributed by atoms with Gasteiger partial charge in [-0.25, -0.2) is 9.07 Å².